The summed E-state index contributed by atoms with van der Waals surface area (Å²) in [5.41, 5.74) is 1.69. The number of carbonyl (C=O) groups is 1. The van der Waals surface area contributed by atoms with Crippen LogP contribution in [0.15, 0.2) is 18.3 Å². The maximum absolute atomic E-state index is 11.9. The van der Waals surface area contributed by atoms with Crippen LogP contribution in [0.1, 0.15) is 56.9 Å². The summed E-state index contributed by atoms with van der Waals surface area (Å²) in [4.78, 5) is 17.6. The van der Waals surface area contributed by atoms with Crippen molar-refractivity contribution < 1.29 is 4.79 Å². The fourth-order valence-electron chi connectivity index (χ4n) is 2.17. The summed E-state index contributed by atoms with van der Waals surface area (Å²) in [5, 5.41) is 3.44. The van der Waals surface area contributed by atoms with Gasteiger partial charge in [0.15, 0.2) is 0 Å². The fourth-order valence-corrected chi connectivity index (χ4v) is 2.17. The Hall–Kier alpha value is -1.58. The molecule has 1 aromatic rings. The van der Waals surface area contributed by atoms with E-state index in [1.54, 1.807) is 25.2 Å². The second-order valence-corrected chi connectivity index (χ2v) is 6.60. The molecule has 0 unspecified atom stereocenters. The van der Waals surface area contributed by atoms with Gasteiger partial charge in [0.05, 0.1) is 0 Å². The molecule has 0 spiro atoms. The van der Waals surface area contributed by atoms with E-state index in [1.807, 2.05) is 12.1 Å². The van der Waals surface area contributed by atoms with E-state index in [-0.39, 0.29) is 11.3 Å². The topological polar surface area (TPSA) is 45.2 Å². The molecular formula is C17H29N3O. The van der Waals surface area contributed by atoms with Crippen LogP contribution in [0.4, 0.5) is 5.69 Å². The van der Waals surface area contributed by atoms with Gasteiger partial charge in [-0.3, -0.25) is 9.78 Å². The van der Waals surface area contributed by atoms with Gasteiger partial charge in [0.2, 0.25) is 0 Å². The van der Waals surface area contributed by atoms with Gasteiger partial charge in [-0.15, -0.1) is 0 Å². The third-order valence-corrected chi connectivity index (χ3v) is 3.61. The maximum Gasteiger partial charge on any atom is 0.272 e. The van der Waals surface area contributed by atoms with Gasteiger partial charge in [-0.1, -0.05) is 40.0 Å². The number of aromatic nitrogens is 1. The van der Waals surface area contributed by atoms with Crippen molar-refractivity contribution in [2.24, 2.45) is 5.41 Å². The normalized spacial score (nSPS) is 11.3. The van der Waals surface area contributed by atoms with Gasteiger partial charge in [-0.05, 0) is 24.0 Å². The van der Waals surface area contributed by atoms with Crippen molar-refractivity contribution in [2.75, 3.05) is 26.0 Å². The molecule has 0 aliphatic heterocycles. The summed E-state index contributed by atoms with van der Waals surface area (Å²) in [6, 6.07) is 3.74. The second-order valence-electron chi connectivity index (χ2n) is 6.60. The minimum atomic E-state index is -0.0687. The van der Waals surface area contributed by atoms with Gasteiger partial charge < -0.3 is 10.2 Å². The predicted molar refractivity (Wildman–Crippen MR) is 88.7 cm³/mol. The van der Waals surface area contributed by atoms with Crippen LogP contribution < -0.4 is 5.32 Å². The van der Waals surface area contributed by atoms with E-state index < -0.39 is 0 Å². The molecule has 0 saturated carbocycles. The van der Waals surface area contributed by atoms with Crippen molar-refractivity contribution in [3.8, 4) is 0 Å². The van der Waals surface area contributed by atoms with E-state index in [0.717, 1.165) is 12.2 Å². The van der Waals surface area contributed by atoms with Crippen LogP contribution in [0, 0.1) is 5.41 Å². The Morgan fingerprint density at radius 2 is 2.05 bits per heavy atom. The van der Waals surface area contributed by atoms with Crippen LogP contribution in [0.3, 0.4) is 0 Å². The number of carbonyl (C=O) groups excluding carboxylic acids is 1. The van der Waals surface area contributed by atoms with E-state index in [2.05, 4.69) is 31.1 Å². The van der Waals surface area contributed by atoms with Crippen LogP contribution in [-0.4, -0.2) is 36.4 Å². The van der Waals surface area contributed by atoms with Crippen LogP contribution in [0.25, 0.3) is 0 Å². The average molecular weight is 291 g/mol. The van der Waals surface area contributed by atoms with Gasteiger partial charge in [-0.2, -0.15) is 0 Å². The summed E-state index contributed by atoms with van der Waals surface area (Å²) in [6.07, 6.45) is 6.71. The monoisotopic (exact) mass is 291 g/mol. The Morgan fingerprint density at radius 3 is 2.67 bits per heavy atom. The zero-order valence-corrected chi connectivity index (χ0v) is 14.1. The number of pyridine rings is 1. The SMILES string of the molecule is CCCCCC(C)(C)CNc1ccnc(C(=O)N(C)C)c1. The third-order valence-electron chi connectivity index (χ3n) is 3.61. The molecule has 0 radical (unpaired) electrons. The Bertz CT molecular complexity index is 455. The molecule has 4 heteroatoms. The van der Waals surface area contributed by atoms with E-state index >= 15 is 0 Å². The lowest BCUT2D eigenvalue weighted by atomic mass is 9.87. The molecule has 0 atom stereocenters. The van der Waals surface area contributed by atoms with Crippen molar-refractivity contribution in [1.82, 2.24) is 9.88 Å². The number of hydrogen-bond acceptors (Lipinski definition) is 3. The summed E-state index contributed by atoms with van der Waals surface area (Å²) in [5.74, 6) is -0.0687. The Balaban J connectivity index is 2.59. The lowest BCUT2D eigenvalue weighted by Gasteiger charge is -2.25. The van der Waals surface area contributed by atoms with Crippen LogP contribution in [0.5, 0.6) is 0 Å². The molecular weight excluding hydrogens is 262 g/mol. The zero-order chi connectivity index (χ0) is 15.9. The van der Waals surface area contributed by atoms with Crippen molar-refractivity contribution >= 4 is 11.6 Å². The molecule has 1 aromatic heterocycles. The largest absolute Gasteiger partial charge is 0.384 e. The van der Waals surface area contributed by atoms with E-state index in [0.29, 0.717) is 5.69 Å². The highest BCUT2D eigenvalue weighted by atomic mass is 16.2. The Kier molecular flexibility index (Phi) is 6.66. The molecule has 0 aliphatic rings. The first-order chi connectivity index (χ1) is 9.85. The predicted octanol–water partition coefficient (Wildman–Crippen LogP) is 3.80. The maximum atomic E-state index is 11.9. The summed E-state index contributed by atoms with van der Waals surface area (Å²) in [7, 11) is 3.47. The molecule has 1 rings (SSSR count). The molecule has 0 fully saturated rings. The van der Waals surface area contributed by atoms with Crippen molar-refractivity contribution in [1.29, 1.82) is 0 Å². The number of unbranched alkanes of at least 4 members (excludes halogenated alkanes) is 2. The van der Waals surface area contributed by atoms with Gasteiger partial charge in [0.25, 0.3) is 5.91 Å². The summed E-state index contributed by atoms with van der Waals surface area (Å²) >= 11 is 0. The van der Waals surface area contributed by atoms with Crippen LogP contribution in [0.2, 0.25) is 0 Å². The molecule has 21 heavy (non-hydrogen) atoms. The summed E-state index contributed by atoms with van der Waals surface area (Å²) < 4.78 is 0. The third kappa shape index (κ3) is 6.15. The fraction of sp³-hybridized carbons (Fsp3) is 0.647. The highest BCUT2D eigenvalue weighted by molar-refractivity contribution is 5.92. The molecule has 1 amide bonds. The van der Waals surface area contributed by atoms with Crippen molar-refractivity contribution in [2.45, 2.75) is 46.5 Å². The number of rotatable bonds is 8. The summed E-state index contributed by atoms with van der Waals surface area (Å²) in [6.45, 7) is 7.69. The quantitative estimate of drug-likeness (QED) is 0.741. The van der Waals surface area contributed by atoms with Crippen molar-refractivity contribution in [3.63, 3.8) is 0 Å². The van der Waals surface area contributed by atoms with Crippen LogP contribution >= 0.6 is 0 Å². The minimum absolute atomic E-state index is 0.0687. The molecule has 0 aliphatic carbocycles. The highest BCUT2D eigenvalue weighted by Gasteiger charge is 2.17. The van der Waals surface area contributed by atoms with Gasteiger partial charge >= 0.3 is 0 Å². The Labute approximate surface area is 129 Å². The first-order valence-electron chi connectivity index (χ1n) is 7.77. The number of nitrogens with one attached hydrogen (secondary N) is 1. The molecule has 0 bridgehead atoms. The molecule has 0 saturated heterocycles. The molecule has 4 nitrogen and oxygen atoms in total. The number of nitrogens with zero attached hydrogens (tertiary/aromatic N) is 2. The molecule has 0 aromatic carbocycles. The molecule has 1 heterocycles. The van der Waals surface area contributed by atoms with Gasteiger partial charge in [-0.25, -0.2) is 0 Å². The van der Waals surface area contributed by atoms with Crippen molar-refractivity contribution in [3.05, 3.63) is 24.0 Å². The second kappa shape index (κ2) is 8.01. The van der Waals surface area contributed by atoms with E-state index in [9.17, 15) is 4.79 Å². The average Bonchev–Trinajstić information content (AvgIpc) is 2.45. The number of amides is 1. The van der Waals surface area contributed by atoms with Gasteiger partial charge in [0.1, 0.15) is 5.69 Å². The first-order valence-corrected chi connectivity index (χ1v) is 7.77. The molecule has 1 N–H and O–H groups in total. The van der Waals surface area contributed by atoms with Crippen LogP contribution in [-0.2, 0) is 0 Å². The minimum Gasteiger partial charge on any atom is -0.384 e. The number of anilines is 1. The first kappa shape index (κ1) is 17.5. The lowest BCUT2D eigenvalue weighted by molar-refractivity contribution is 0.0822. The standard InChI is InChI=1S/C17H29N3O/c1-6-7-8-10-17(2,3)13-19-14-9-11-18-15(12-14)16(21)20(4)5/h9,11-12H,6-8,10,13H2,1-5H3,(H,18,19). The smallest absolute Gasteiger partial charge is 0.272 e. The lowest BCUT2D eigenvalue weighted by Crippen LogP contribution is -2.24. The van der Waals surface area contributed by atoms with E-state index in [4.69, 9.17) is 0 Å². The van der Waals surface area contributed by atoms with E-state index in [1.165, 1.54) is 25.7 Å². The Morgan fingerprint density at radius 1 is 1.33 bits per heavy atom. The zero-order valence-electron chi connectivity index (χ0n) is 14.1. The van der Waals surface area contributed by atoms with Gasteiger partial charge in [0, 0.05) is 32.5 Å². The number of hydrogen-bond donors (Lipinski definition) is 1. The highest BCUT2D eigenvalue weighted by Crippen LogP contribution is 2.24. The molecule has 118 valence electrons.